The molecule has 1 aliphatic heterocycles. The van der Waals surface area contributed by atoms with E-state index in [1.54, 1.807) is 36.8 Å². The molecule has 1 aliphatic rings. The van der Waals surface area contributed by atoms with Crippen LogP contribution in [0.15, 0.2) is 59.9 Å². The van der Waals surface area contributed by atoms with Crippen molar-refractivity contribution in [1.29, 1.82) is 0 Å². The van der Waals surface area contributed by atoms with E-state index >= 15 is 0 Å². The van der Waals surface area contributed by atoms with Crippen LogP contribution in [0.1, 0.15) is 36.0 Å². The maximum Gasteiger partial charge on any atom is 0.255 e. The van der Waals surface area contributed by atoms with E-state index in [1.807, 2.05) is 0 Å². The summed E-state index contributed by atoms with van der Waals surface area (Å²) in [6, 6.07) is 9.43. The number of carbonyl (C=O) groups excluding carboxylic acids is 1. The lowest BCUT2D eigenvalue weighted by molar-refractivity contribution is 0.102. The number of sulfonamides is 1. The summed E-state index contributed by atoms with van der Waals surface area (Å²) < 4.78 is 29.4. The van der Waals surface area contributed by atoms with Crippen molar-refractivity contribution in [2.24, 2.45) is 0 Å². The molecular weight excluding hydrogens is 438 g/mol. The van der Waals surface area contributed by atoms with Crippen LogP contribution < -0.4 is 5.32 Å². The van der Waals surface area contributed by atoms with Gasteiger partial charge in [-0.15, -0.1) is 0 Å². The quantitative estimate of drug-likeness (QED) is 0.626. The van der Waals surface area contributed by atoms with Crippen molar-refractivity contribution in [2.45, 2.75) is 30.6 Å². The summed E-state index contributed by atoms with van der Waals surface area (Å²) >= 11 is 6.24. The summed E-state index contributed by atoms with van der Waals surface area (Å²) in [5.41, 5.74) is 0.635. The fourth-order valence-corrected chi connectivity index (χ4v) is 5.55. The Morgan fingerprint density at radius 1 is 1.03 bits per heavy atom. The largest absolute Gasteiger partial charge is 0.319 e. The van der Waals surface area contributed by atoms with Gasteiger partial charge in [0, 0.05) is 37.2 Å². The molecule has 0 aliphatic carbocycles. The molecule has 4 rings (SSSR count). The second-order valence-electron chi connectivity index (χ2n) is 7.24. The number of amides is 1. The van der Waals surface area contributed by atoms with E-state index in [1.165, 1.54) is 27.2 Å². The Balaban J connectivity index is 1.62. The lowest BCUT2D eigenvalue weighted by Gasteiger charge is -2.21. The van der Waals surface area contributed by atoms with Crippen molar-refractivity contribution in [3.8, 4) is 5.82 Å². The highest BCUT2D eigenvalue weighted by atomic mass is 35.5. The number of pyridine rings is 1. The Bertz CT molecular complexity index is 1170. The first kappa shape index (κ1) is 21.5. The SMILES string of the molecule is O=C(Nc1cccnc1-n1cccn1)c1ccc(Cl)c(S(=O)(=O)N2CCCCCC2)c1. The highest BCUT2D eigenvalue weighted by Gasteiger charge is 2.28. The number of aromatic nitrogens is 3. The van der Waals surface area contributed by atoms with Crippen molar-refractivity contribution >= 4 is 33.2 Å². The average Bonchev–Trinajstić information content (AvgIpc) is 3.15. The van der Waals surface area contributed by atoms with Gasteiger partial charge in [-0.05, 0) is 49.2 Å². The molecule has 31 heavy (non-hydrogen) atoms. The van der Waals surface area contributed by atoms with E-state index < -0.39 is 15.9 Å². The first-order valence-electron chi connectivity index (χ1n) is 10.0. The number of nitrogens with zero attached hydrogens (tertiary/aromatic N) is 4. The minimum Gasteiger partial charge on any atom is -0.319 e. The molecule has 1 fully saturated rings. The summed E-state index contributed by atoms with van der Waals surface area (Å²) in [6.07, 6.45) is 8.56. The summed E-state index contributed by atoms with van der Waals surface area (Å²) in [5.74, 6) is -0.0161. The molecule has 0 bridgehead atoms. The predicted molar refractivity (Wildman–Crippen MR) is 118 cm³/mol. The van der Waals surface area contributed by atoms with Gasteiger partial charge in [0.25, 0.3) is 5.91 Å². The molecule has 3 aromatic rings. The lowest BCUT2D eigenvalue weighted by atomic mass is 10.2. The van der Waals surface area contributed by atoms with Gasteiger partial charge in [-0.2, -0.15) is 9.40 Å². The first-order chi connectivity index (χ1) is 15.0. The number of rotatable bonds is 5. The molecule has 1 amide bonds. The summed E-state index contributed by atoms with van der Waals surface area (Å²) in [7, 11) is -3.79. The highest BCUT2D eigenvalue weighted by molar-refractivity contribution is 7.89. The number of anilines is 1. The van der Waals surface area contributed by atoms with Crippen molar-refractivity contribution in [3.63, 3.8) is 0 Å². The Hall–Kier alpha value is -2.75. The second kappa shape index (κ2) is 9.17. The number of hydrogen-bond donors (Lipinski definition) is 1. The molecule has 0 radical (unpaired) electrons. The summed E-state index contributed by atoms with van der Waals surface area (Å²) in [4.78, 5) is 17.2. The average molecular weight is 460 g/mol. The predicted octanol–water partition coefficient (Wildman–Crippen LogP) is 3.74. The third kappa shape index (κ3) is 4.63. The van der Waals surface area contributed by atoms with Crippen LogP contribution >= 0.6 is 11.6 Å². The van der Waals surface area contributed by atoms with Crippen LogP contribution in [0.5, 0.6) is 0 Å². The molecule has 2 aromatic heterocycles. The fraction of sp³-hybridized carbons (Fsp3) is 0.286. The maximum atomic E-state index is 13.2. The zero-order chi connectivity index (χ0) is 21.8. The molecule has 0 unspecified atom stereocenters. The van der Waals surface area contributed by atoms with Gasteiger partial charge in [0.1, 0.15) is 4.90 Å². The molecule has 8 nitrogen and oxygen atoms in total. The van der Waals surface area contributed by atoms with Gasteiger partial charge in [0.15, 0.2) is 5.82 Å². The van der Waals surface area contributed by atoms with Gasteiger partial charge in [-0.3, -0.25) is 4.79 Å². The number of nitrogens with one attached hydrogen (secondary N) is 1. The molecule has 3 heterocycles. The lowest BCUT2D eigenvalue weighted by Crippen LogP contribution is -2.32. The van der Waals surface area contributed by atoms with Crippen LogP contribution in [0, 0.1) is 0 Å². The van der Waals surface area contributed by atoms with Crippen molar-refractivity contribution < 1.29 is 13.2 Å². The van der Waals surface area contributed by atoms with E-state index in [9.17, 15) is 13.2 Å². The van der Waals surface area contributed by atoms with Gasteiger partial charge in [-0.25, -0.2) is 18.1 Å². The van der Waals surface area contributed by atoms with Gasteiger partial charge < -0.3 is 5.32 Å². The minimum atomic E-state index is -3.79. The fourth-order valence-electron chi connectivity index (χ4n) is 3.53. The standard InChI is InChI=1S/C21H22ClN5O3S/c22-17-9-8-16(15-19(17)31(29,30)26-12-3-1-2-4-13-26)21(28)25-18-7-5-10-23-20(18)27-14-6-11-24-27/h5-11,14-15H,1-4,12-13H2,(H,25,28). The summed E-state index contributed by atoms with van der Waals surface area (Å²) in [6.45, 7) is 0.913. The number of carbonyl (C=O) groups is 1. The van der Waals surface area contributed by atoms with Gasteiger partial charge in [-0.1, -0.05) is 24.4 Å². The van der Waals surface area contributed by atoms with E-state index in [-0.39, 0.29) is 15.5 Å². The monoisotopic (exact) mass is 459 g/mol. The van der Waals surface area contributed by atoms with E-state index in [0.29, 0.717) is 24.6 Å². The topological polar surface area (TPSA) is 97.2 Å². The third-order valence-electron chi connectivity index (χ3n) is 5.13. The van der Waals surface area contributed by atoms with Crippen LogP contribution in [0.2, 0.25) is 5.02 Å². The zero-order valence-corrected chi connectivity index (χ0v) is 18.3. The van der Waals surface area contributed by atoms with Crippen LogP contribution in [-0.4, -0.2) is 46.5 Å². The zero-order valence-electron chi connectivity index (χ0n) is 16.7. The normalized spacial score (nSPS) is 15.4. The second-order valence-corrected chi connectivity index (χ2v) is 9.56. The van der Waals surface area contributed by atoms with Crippen LogP contribution in [0.4, 0.5) is 5.69 Å². The Kier molecular flexibility index (Phi) is 6.35. The molecule has 1 saturated heterocycles. The van der Waals surface area contributed by atoms with Crippen molar-refractivity contribution in [2.75, 3.05) is 18.4 Å². The van der Waals surface area contributed by atoms with Crippen LogP contribution in [-0.2, 0) is 10.0 Å². The molecule has 1 N–H and O–H groups in total. The Morgan fingerprint density at radius 3 is 2.52 bits per heavy atom. The van der Waals surface area contributed by atoms with Gasteiger partial charge in [0.05, 0.1) is 10.7 Å². The molecule has 162 valence electrons. The van der Waals surface area contributed by atoms with Gasteiger partial charge >= 0.3 is 0 Å². The van der Waals surface area contributed by atoms with Crippen molar-refractivity contribution in [3.05, 3.63) is 65.6 Å². The summed E-state index contributed by atoms with van der Waals surface area (Å²) in [5, 5.41) is 7.03. The highest BCUT2D eigenvalue weighted by Crippen LogP contribution is 2.28. The minimum absolute atomic E-state index is 0.0535. The van der Waals surface area contributed by atoms with Crippen molar-refractivity contribution in [1.82, 2.24) is 19.1 Å². The molecule has 0 atom stereocenters. The molecule has 1 aromatic carbocycles. The van der Waals surface area contributed by atoms with Gasteiger partial charge in [0.2, 0.25) is 10.0 Å². The van der Waals surface area contributed by atoms with Crippen LogP contribution in [0.3, 0.4) is 0 Å². The molecule has 0 saturated carbocycles. The van der Waals surface area contributed by atoms with E-state index in [4.69, 9.17) is 11.6 Å². The van der Waals surface area contributed by atoms with E-state index in [2.05, 4.69) is 15.4 Å². The Morgan fingerprint density at radius 2 is 1.81 bits per heavy atom. The number of hydrogen-bond acceptors (Lipinski definition) is 5. The molecule has 0 spiro atoms. The van der Waals surface area contributed by atoms with E-state index in [0.717, 1.165) is 25.7 Å². The molecule has 10 heteroatoms. The number of halogens is 1. The smallest absolute Gasteiger partial charge is 0.255 e. The first-order valence-corrected chi connectivity index (χ1v) is 11.8. The van der Waals surface area contributed by atoms with Crippen LogP contribution in [0.25, 0.3) is 5.82 Å². The Labute approximate surface area is 185 Å². The third-order valence-corrected chi connectivity index (χ3v) is 7.51. The number of benzene rings is 1. The molecular formula is C21H22ClN5O3S. The maximum absolute atomic E-state index is 13.2.